The Morgan fingerprint density at radius 2 is 2.60 bits per heavy atom. The topological polar surface area (TPSA) is 65.5 Å². The predicted molar refractivity (Wildman–Crippen MR) is 33.4 cm³/mol. The lowest BCUT2D eigenvalue weighted by Crippen LogP contribution is -2.19. The SMILES string of the molecule is NCC(=O)Oc1ccoc1. The molecule has 2 N–H and O–H groups in total. The highest BCUT2D eigenvalue weighted by atomic mass is 16.5. The Bertz CT molecular complexity index is 205. The number of carbonyl (C=O) groups excluding carboxylic acids is 1. The maximum atomic E-state index is 10.5. The molecular weight excluding hydrogens is 134 g/mol. The highest BCUT2D eigenvalue weighted by molar-refractivity contribution is 5.73. The summed E-state index contributed by atoms with van der Waals surface area (Å²) in [4.78, 5) is 10.5. The van der Waals surface area contributed by atoms with E-state index in [9.17, 15) is 4.79 Å². The molecule has 1 rings (SSSR count). The number of hydrogen-bond acceptors (Lipinski definition) is 4. The van der Waals surface area contributed by atoms with E-state index in [4.69, 9.17) is 5.73 Å². The molecule has 0 fully saturated rings. The van der Waals surface area contributed by atoms with Crippen LogP contribution in [0, 0.1) is 0 Å². The Morgan fingerprint density at radius 3 is 3.10 bits per heavy atom. The van der Waals surface area contributed by atoms with Crippen LogP contribution in [0.4, 0.5) is 0 Å². The minimum absolute atomic E-state index is 0.120. The van der Waals surface area contributed by atoms with Gasteiger partial charge in [0.1, 0.15) is 6.26 Å². The second-order valence-corrected chi connectivity index (χ2v) is 1.64. The summed E-state index contributed by atoms with van der Waals surface area (Å²) in [6.45, 7) is -0.120. The number of ether oxygens (including phenoxy) is 1. The lowest BCUT2D eigenvalue weighted by molar-refractivity contribution is -0.132. The van der Waals surface area contributed by atoms with Crippen molar-refractivity contribution < 1.29 is 13.9 Å². The first-order valence-electron chi connectivity index (χ1n) is 2.76. The second-order valence-electron chi connectivity index (χ2n) is 1.64. The Kier molecular flexibility index (Phi) is 2.07. The van der Waals surface area contributed by atoms with Gasteiger partial charge in [-0.3, -0.25) is 4.79 Å². The molecule has 0 aliphatic heterocycles. The van der Waals surface area contributed by atoms with Gasteiger partial charge in [-0.1, -0.05) is 0 Å². The van der Waals surface area contributed by atoms with Gasteiger partial charge in [0.15, 0.2) is 5.75 Å². The molecule has 0 spiro atoms. The van der Waals surface area contributed by atoms with E-state index in [-0.39, 0.29) is 6.54 Å². The fraction of sp³-hybridized carbons (Fsp3) is 0.167. The van der Waals surface area contributed by atoms with Crippen LogP contribution in [0.2, 0.25) is 0 Å². The molecule has 1 aromatic heterocycles. The van der Waals surface area contributed by atoms with E-state index < -0.39 is 5.97 Å². The van der Waals surface area contributed by atoms with Crippen molar-refractivity contribution in [3.05, 3.63) is 18.6 Å². The molecule has 0 saturated carbocycles. The van der Waals surface area contributed by atoms with Crippen LogP contribution in [0.3, 0.4) is 0 Å². The number of rotatable bonds is 2. The molecular formula is C6H7NO3. The molecule has 0 saturated heterocycles. The van der Waals surface area contributed by atoms with Crippen LogP contribution >= 0.6 is 0 Å². The van der Waals surface area contributed by atoms with Gasteiger partial charge in [-0.05, 0) is 0 Å². The molecule has 0 atom stereocenters. The average Bonchev–Trinajstić information content (AvgIpc) is 2.40. The third kappa shape index (κ3) is 1.60. The monoisotopic (exact) mass is 141 g/mol. The number of carbonyl (C=O) groups is 1. The van der Waals surface area contributed by atoms with Crippen LogP contribution in [0.1, 0.15) is 0 Å². The summed E-state index contributed by atoms with van der Waals surface area (Å²) in [5, 5.41) is 0. The van der Waals surface area contributed by atoms with Crippen molar-refractivity contribution in [2.45, 2.75) is 0 Å². The average molecular weight is 141 g/mol. The third-order valence-electron chi connectivity index (χ3n) is 0.893. The minimum atomic E-state index is -0.471. The van der Waals surface area contributed by atoms with E-state index in [2.05, 4.69) is 9.15 Å². The molecule has 0 aromatic carbocycles. The Labute approximate surface area is 57.6 Å². The number of furan rings is 1. The Hall–Kier alpha value is -1.29. The van der Waals surface area contributed by atoms with Crippen molar-refractivity contribution in [3.63, 3.8) is 0 Å². The summed E-state index contributed by atoms with van der Waals surface area (Å²) in [6, 6.07) is 1.54. The van der Waals surface area contributed by atoms with Gasteiger partial charge in [0.05, 0.1) is 12.8 Å². The second kappa shape index (κ2) is 3.03. The van der Waals surface area contributed by atoms with Crippen molar-refractivity contribution in [3.8, 4) is 5.75 Å². The van der Waals surface area contributed by atoms with Crippen LogP contribution in [-0.4, -0.2) is 12.5 Å². The van der Waals surface area contributed by atoms with Crippen molar-refractivity contribution in [1.82, 2.24) is 0 Å². The van der Waals surface area contributed by atoms with Crippen LogP contribution < -0.4 is 10.5 Å². The molecule has 0 bridgehead atoms. The summed E-state index contributed by atoms with van der Waals surface area (Å²) in [7, 11) is 0. The van der Waals surface area contributed by atoms with Crippen LogP contribution in [0.25, 0.3) is 0 Å². The minimum Gasteiger partial charge on any atom is -0.469 e. The zero-order valence-corrected chi connectivity index (χ0v) is 5.24. The van der Waals surface area contributed by atoms with Crippen molar-refractivity contribution in [2.75, 3.05) is 6.54 Å². The lowest BCUT2D eigenvalue weighted by atomic mass is 10.6. The normalized spacial score (nSPS) is 9.30. The van der Waals surface area contributed by atoms with E-state index in [1.807, 2.05) is 0 Å². The van der Waals surface area contributed by atoms with Gasteiger partial charge in [-0.2, -0.15) is 0 Å². The highest BCUT2D eigenvalue weighted by Gasteiger charge is 2.00. The van der Waals surface area contributed by atoms with E-state index >= 15 is 0 Å². The molecule has 4 heteroatoms. The molecule has 0 amide bonds. The summed E-state index contributed by atoms with van der Waals surface area (Å²) in [5.74, 6) is -0.0862. The molecule has 4 nitrogen and oxygen atoms in total. The van der Waals surface area contributed by atoms with Gasteiger partial charge in [0.2, 0.25) is 0 Å². The number of nitrogens with two attached hydrogens (primary N) is 1. The van der Waals surface area contributed by atoms with Crippen molar-refractivity contribution >= 4 is 5.97 Å². The van der Waals surface area contributed by atoms with E-state index in [0.717, 1.165) is 0 Å². The third-order valence-corrected chi connectivity index (χ3v) is 0.893. The molecule has 1 heterocycles. The van der Waals surface area contributed by atoms with Gasteiger partial charge in [-0.25, -0.2) is 0 Å². The molecule has 0 radical (unpaired) electrons. The van der Waals surface area contributed by atoms with E-state index in [0.29, 0.717) is 5.75 Å². The van der Waals surface area contributed by atoms with Gasteiger partial charge in [-0.15, -0.1) is 0 Å². The smallest absolute Gasteiger partial charge is 0.325 e. The lowest BCUT2D eigenvalue weighted by Gasteiger charge is -1.94. The molecule has 1 aromatic rings. The largest absolute Gasteiger partial charge is 0.469 e. The molecule has 54 valence electrons. The maximum Gasteiger partial charge on any atom is 0.325 e. The van der Waals surface area contributed by atoms with Gasteiger partial charge in [0.25, 0.3) is 0 Å². The molecule has 10 heavy (non-hydrogen) atoms. The van der Waals surface area contributed by atoms with Crippen LogP contribution in [0.5, 0.6) is 5.75 Å². The standard InChI is InChI=1S/C6H7NO3/c7-3-6(8)10-5-1-2-9-4-5/h1-2,4H,3,7H2. The maximum absolute atomic E-state index is 10.5. The number of esters is 1. The van der Waals surface area contributed by atoms with E-state index in [1.165, 1.54) is 18.6 Å². The predicted octanol–water partition coefficient (Wildman–Crippen LogP) is 0.144. The first-order valence-corrected chi connectivity index (χ1v) is 2.76. The van der Waals surface area contributed by atoms with Crippen molar-refractivity contribution in [2.24, 2.45) is 5.73 Å². The van der Waals surface area contributed by atoms with Gasteiger partial charge >= 0.3 is 5.97 Å². The Morgan fingerprint density at radius 1 is 1.80 bits per heavy atom. The van der Waals surface area contributed by atoms with E-state index in [1.54, 1.807) is 0 Å². The summed E-state index contributed by atoms with van der Waals surface area (Å²) in [6.07, 6.45) is 2.74. The Balaban J connectivity index is 2.48. The quantitative estimate of drug-likeness (QED) is 0.595. The fourth-order valence-corrected chi connectivity index (χ4v) is 0.483. The first kappa shape index (κ1) is 6.82. The molecule has 0 aliphatic rings. The fourth-order valence-electron chi connectivity index (χ4n) is 0.483. The molecule has 0 unspecified atom stereocenters. The van der Waals surface area contributed by atoms with Crippen LogP contribution in [-0.2, 0) is 4.79 Å². The molecule has 0 aliphatic carbocycles. The summed E-state index contributed by atoms with van der Waals surface area (Å²) in [5.41, 5.74) is 4.98. The summed E-state index contributed by atoms with van der Waals surface area (Å²) >= 11 is 0. The number of hydrogen-bond donors (Lipinski definition) is 1. The summed E-state index contributed by atoms with van der Waals surface area (Å²) < 4.78 is 9.29. The zero-order valence-electron chi connectivity index (χ0n) is 5.24. The zero-order chi connectivity index (χ0) is 7.40. The van der Waals surface area contributed by atoms with Crippen LogP contribution in [0.15, 0.2) is 23.0 Å². The van der Waals surface area contributed by atoms with Crippen molar-refractivity contribution in [1.29, 1.82) is 0 Å². The van der Waals surface area contributed by atoms with Gasteiger partial charge in [0, 0.05) is 6.07 Å². The van der Waals surface area contributed by atoms with Gasteiger partial charge < -0.3 is 14.9 Å². The highest BCUT2D eigenvalue weighted by Crippen LogP contribution is 2.09. The first-order chi connectivity index (χ1) is 4.83.